The van der Waals surface area contributed by atoms with Crippen LogP contribution in [0.1, 0.15) is 38.2 Å². The summed E-state index contributed by atoms with van der Waals surface area (Å²) >= 11 is 0. The monoisotopic (exact) mass is 247 g/mol. The van der Waals surface area contributed by atoms with Crippen molar-refractivity contribution in [3.63, 3.8) is 0 Å². The fourth-order valence-electron chi connectivity index (χ4n) is 2.47. The van der Waals surface area contributed by atoms with Gasteiger partial charge in [-0.25, -0.2) is 4.98 Å². The zero-order valence-electron chi connectivity index (χ0n) is 11.1. The molecule has 1 aliphatic rings. The lowest BCUT2D eigenvalue weighted by atomic mass is 9.82. The lowest BCUT2D eigenvalue weighted by Gasteiger charge is -2.25. The van der Waals surface area contributed by atoms with Gasteiger partial charge in [0.05, 0.1) is 11.9 Å². The zero-order chi connectivity index (χ0) is 13.1. The maximum atomic E-state index is 12.1. The number of nitrogens with two attached hydrogens (primary N) is 1. The summed E-state index contributed by atoms with van der Waals surface area (Å²) in [6.07, 6.45) is 5.84. The molecule has 1 aromatic rings. The quantitative estimate of drug-likeness (QED) is 0.844. The van der Waals surface area contributed by atoms with Gasteiger partial charge in [-0.05, 0) is 50.2 Å². The molecule has 1 aliphatic carbocycles. The maximum Gasteiger partial charge on any atom is 0.228 e. The predicted molar refractivity (Wildman–Crippen MR) is 73.1 cm³/mol. The zero-order valence-corrected chi connectivity index (χ0v) is 11.1. The van der Waals surface area contributed by atoms with Crippen molar-refractivity contribution in [2.75, 3.05) is 11.1 Å². The van der Waals surface area contributed by atoms with Gasteiger partial charge in [0.1, 0.15) is 5.82 Å². The Hall–Kier alpha value is -1.58. The molecule has 2 rings (SSSR count). The molecule has 1 saturated carbocycles. The summed E-state index contributed by atoms with van der Waals surface area (Å²) in [5, 5.41) is 2.92. The van der Waals surface area contributed by atoms with E-state index >= 15 is 0 Å². The molecule has 18 heavy (non-hydrogen) atoms. The number of hydrogen-bond acceptors (Lipinski definition) is 3. The fourth-order valence-corrected chi connectivity index (χ4v) is 2.47. The topological polar surface area (TPSA) is 68.0 Å². The number of nitrogens with zero attached hydrogens (tertiary/aromatic N) is 1. The third-order valence-electron chi connectivity index (χ3n) is 3.73. The second-order valence-corrected chi connectivity index (χ2v) is 5.38. The molecular weight excluding hydrogens is 226 g/mol. The first-order valence-corrected chi connectivity index (χ1v) is 6.59. The molecule has 1 fully saturated rings. The average Bonchev–Trinajstić information content (AvgIpc) is 2.33. The van der Waals surface area contributed by atoms with E-state index in [0.29, 0.717) is 11.5 Å². The summed E-state index contributed by atoms with van der Waals surface area (Å²) in [7, 11) is 0. The van der Waals surface area contributed by atoms with Gasteiger partial charge in [-0.2, -0.15) is 0 Å². The first-order valence-electron chi connectivity index (χ1n) is 6.59. The van der Waals surface area contributed by atoms with Crippen molar-refractivity contribution in [1.82, 2.24) is 4.98 Å². The molecule has 1 amide bonds. The minimum absolute atomic E-state index is 0.0993. The van der Waals surface area contributed by atoms with Gasteiger partial charge in [0.15, 0.2) is 0 Å². The van der Waals surface area contributed by atoms with Gasteiger partial charge in [0.25, 0.3) is 0 Å². The van der Waals surface area contributed by atoms with E-state index < -0.39 is 0 Å². The van der Waals surface area contributed by atoms with Crippen LogP contribution in [0, 0.1) is 18.8 Å². The first-order chi connectivity index (χ1) is 8.56. The number of amides is 1. The Kier molecular flexibility index (Phi) is 3.84. The molecular formula is C14H21N3O. The van der Waals surface area contributed by atoms with Crippen LogP contribution in [0.2, 0.25) is 0 Å². The molecule has 4 heteroatoms. The minimum atomic E-state index is 0.0993. The van der Waals surface area contributed by atoms with Crippen LogP contribution in [-0.4, -0.2) is 10.9 Å². The molecule has 0 aliphatic heterocycles. The van der Waals surface area contributed by atoms with Crippen LogP contribution in [0.25, 0.3) is 0 Å². The number of anilines is 2. The summed E-state index contributed by atoms with van der Waals surface area (Å²) in [6, 6.07) is 1.82. The standard InChI is InChI=1S/C14H21N3O/c1-9-3-5-11(6-4-9)14(18)17-13-10(2)7-12(15)8-16-13/h7-9,11H,3-6,15H2,1-2H3,(H,16,17,18). The smallest absolute Gasteiger partial charge is 0.228 e. The maximum absolute atomic E-state index is 12.1. The molecule has 0 unspecified atom stereocenters. The van der Waals surface area contributed by atoms with E-state index in [1.54, 1.807) is 6.20 Å². The number of pyridine rings is 1. The van der Waals surface area contributed by atoms with Crippen LogP contribution in [0.15, 0.2) is 12.3 Å². The predicted octanol–water partition coefficient (Wildman–Crippen LogP) is 2.74. The molecule has 98 valence electrons. The highest BCUT2D eigenvalue weighted by Crippen LogP contribution is 2.29. The Balaban J connectivity index is 1.98. The van der Waals surface area contributed by atoms with E-state index in [4.69, 9.17) is 5.73 Å². The van der Waals surface area contributed by atoms with Crippen molar-refractivity contribution in [2.24, 2.45) is 11.8 Å². The Morgan fingerprint density at radius 2 is 2.06 bits per heavy atom. The van der Waals surface area contributed by atoms with Crippen molar-refractivity contribution in [1.29, 1.82) is 0 Å². The van der Waals surface area contributed by atoms with Crippen molar-refractivity contribution < 1.29 is 4.79 Å². The molecule has 4 nitrogen and oxygen atoms in total. The van der Waals surface area contributed by atoms with Crippen molar-refractivity contribution >= 4 is 17.4 Å². The summed E-state index contributed by atoms with van der Waals surface area (Å²) < 4.78 is 0. The van der Waals surface area contributed by atoms with Crippen LogP contribution in [0.3, 0.4) is 0 Å². The SMILES string of the molecule is Cc1cc(N)cnc1NC(=O)C1CCC(C)CC1. The largest absolute Gasteiger partial charge is 0.397 e. The minimum Gasteiger partial charge on any atom is -0.397 e. The molecule has 3 N–H and O–H groups in total. The highest BCUT2D eigenvalue weighted by Gasteiger charge is 2.24. The lowest BCUT2D eigenvalue weighted by molar-refractivity contribution is -0.121. The Morgan fingerprint density at radius 3 is 2.67 bits per heavy atom. The van der Waals surface area contributed by atoms with Gasteiger partial charge in [0, 0.05) is 5.92 Å². The van der Waals surface area contributed by atoms with Gasteiger partial charge in [-0.15, -0.1) is 0 Å². The molecule has 0 aromatic carbocycles. The van der Waals surface area contributed by atoms with E-state index in [2.05, 4.69) is 17.2 Å². The van der Waals surface area contributed by atoms with E-state index in [9.17, 15) is 4.79 Å². The van der Waals surface area contributed by atoms with Gasteiger partial charge >= 0.3 is 0 Å². The number of aryl methyl sites for hydroxylation is 1. The molecule has 0 spiro atoms. The second kappa shape index (κ2) is 5.38. The summed E-state index contributed by atoms with van der Waals surface area (Å²) in [6.45, 7) is 4.15. The average molecular weight is 247 g/mol. The van der Waals surface area contributed by atoms with Gasteiger partial charge in [-0.1, -0.05) is 6.92 Å². The summed E-state index contributed by atoms with van der Waals surface area (Å²) in [5.41, 5.74) is 7.17. The normalized spacial score (nSPS) is 23.7. The van der Waals surface area contributed by atoms with E-state index in [1.807, 2.05) is 13.0 Å². The van der Waals surface area contributed by atoms with E-state index in [1.165, 1.54) is 0 Å². The van der Waals surface area contributed by atoms with E-state index in [0.717, 1.165) is 37.2 Å². The number of rotatable bonds is 2. The molecule has 0 radical (unpaired) electrons. The lowest BCUT2D eigenvalue weighted by Crippen LogP contribution is -2.27. The molecule has 0 atom stereocenters. The molecule has 1 heterocycles. The Bertz CT molecular complexity index is 437. The van der Waals surface area contributed by atoms with Gasteiger partial charge in [0.2, 0.25) is 5.91 Å². The van der Waals surface area contributed by atoms with Crippen molar-refractivity contribution in [2.45, 2.75) is 39.5 Å². The van der Waals surface area contributed by atoms with Crippen molar-refractivity contribution in [3.05, 3.63) is 17.8 Å². The van der Waals surface area contributed by atoms with Crippen LogP contribution in [0.5, 0.6) is 0 Å². The highest BCUT2D eigenvalue weighted by molar-refractivity contribution is 5.92. The van der Waals surface area contributed by atoms with Crippen molar-refractivity contribution in [3.8, 4) is 0 Å². The van der Waals surface area contributed by atoms with E-state index in [-0.39, 0.29) is 11.8 Å². The number of hydrogen-bond donors (Lipinski definition) is 2. The van der Waals surface area contributed by atoms with Crippen LogP contribution < -0.4 is 11.1 Å². The number of nitrogens with one attached hydrogen (secondary N) is 1. The first kappa shape index (κ1) is 12.9. The number of aromatic nitrogens is 1. The number of carbonyl (C=O) groups is 1. The number of nitrogen functional groups attached to an aromatic ring is 1. The van der Waals surface area contributed by atoms with Crippen LogP contribution in [0.4, 0.5) is 11.5 Å². The Labute approximate surface area is 108 Å². The Morgan fingerprint density at radius 1 is 1.39 bits per heavy atom. The fraction of sp³-hybridized carbons (Fsp3) is 0.571. The molecule has 0 bridgehead atoms. The summed E-state index contributed by atoms with van der Waals surface area (Å²) in [4.78, 5) is 16.3. The highest BCUT2D eigenvalue weighted by atomic mass is 16.1. The third kappa shape index (κ3) is 3.00. The van der Waals surface area contributed by atoms with Crippen LogP contribution in [-0.2, 0) is 4.79 Å². The van der Waals surface area contributed by atoms with Crippen LogP contribution >= 0.6 is 0 Å². The van der Waals surface area contributed by atoms with Gasteiger partial charge in [-0.3, -0.25) is 4.79 Å². The second-order valence-electron chi connectivity index (χ2n) is 5.38. The molecule has 1 aromatic heterocycles. The number of carbonyl (C=O) groups excluding carboxylic acids is 1. The summed E-state index contributed by atoms with van der Waals surface area (Å²) in [5.74, 6) is 1.63. The van der Waals surface area contributed by atoms with Gasteiger partial charge < -0.3 is 11.1 Å². The third-order valence-corrected chi connectivity index (χ3v) is 3.73. The molecule has 0 saturated heterocycles.